The van der Waals surface area contributed by atoms with E-state index in [1.165, 1.54) is 12.1 Å². The maximum atomic E-state index is 13.2. The lowest BCUT2D eigenvalue weighted by Crippen LogP contribution is -2.34. The van der Waals surface area contributed by atoms with E-state index in [1.807, 2.05) is 36.0 Å². The van der Waals surface area contributed by atoms with Crippen LogP contribution in [0.25, 0.3) is 0 Å². The normalized spacial score (nSPS) is 16.8. The fourth-order valence-electron chi connectivity index (χ4n) is 3.08. The molecular formula is C19H22FN3O2. The van der Waals surface area contributed by atoms with Gasteiger partial charge in [-0.3, -0.25) is 4.79 Å². The lowest BCUT2D eigenvalue weighted by atomic mass is 10.1. The van der Waals surface area contributed by atoms with Gasteiger partial charge in [0, 0.05) is 32.9 Å². The van der Waals surface area contributed by atoms with Gasteiger partial charge >= 0.3 is 0 Å². The predicted octanol–water partition coefficient (Wildman–Crippen LogP) is 3.03. The van der Waals surface area contributed by atoms with Crippen LogP contribution < -0.4 is 9.64 Å². The molecule has 1 amide bonds. The molecule has 0 bridgehead atoms. The van der Waals surface area contributed by atoms with Gasteiger partial charge in [-0.15, -0.1) is 0 Å². The number of pyridine rings is 1. The van der Waals surface area contributed by atoms with Crippen molar-refractivity contribution in [1.29, 1.82) is 0 Å². The summed E-state index contributed by atoms with van der Waals surface area (Å²) in [5.74, 6) is 0.766. The Morgan fingerprint density at radius 2 is 2.20 bits per heavy atom. The summed E-state index contributed by atoms with van der Waals surface area (Å²) in [5.41, 5.74) is 1.08. The molecule has 0 N–H and O–H groups in total. The smallest absolute Gasteiger partial charge is 0.261 e. The molecule has 1 fully saturated rings. The van der Waals surface area contributed by atoms with Gasteiger partial charge in [-0.1, -0.05) is 6.07 Å². The summed E-state index contributed by atoms with van der Waals surface area (Å²) in [6, 6.07) is 9.83. The molecule has 5 nitrogen and oxygen atoms in total. The summed E-state index contributed by atoms with van der Waals surface area (Å²) in [6.45, 7) is 0.612. The maximum Gasteiger partial charge on any atom is 0.261 e. The van der Waals surface area contributed by atoms with Crippen molar-refractivity contribution >= 4 is 11.7 Å². The number of carbonyl (C=O) groups is 1. The highest BCUT2D eigenvalue weighted by atomic mass is 19.1. The average Bonchev–Trinajstić information content (AvgIpc) is 3.10. The predicted molar refractivity (Wildman–Crippen MR) is 94.1 cm³/mol. The summed E-state index contributed by atoms with van der Waals surface area (Å²) in [7, 11) is 3.88. The van der Waals surface area contributed by atoms with Crippen molar-refractivity contribution in [1.82, 2.24) is 9.88 Å². The van der Waals surface area contributed by atoms with Crippen molar-refractivity contribution < 1.29 is 13.9 Å². The Hall–Kier alpha value is -2.63. The Labute approximate surface area is 147 Å². The van der Waals surface area contributed by atoms with E-state index in [1.54, 1.807) is 18.3 Å². The molecule has 2 heterocycles. The molecule has 0 unspecified atom stereocenters. The summed E-state index contributed by atoms with van der Waals surface area (Å²) < 4.78 is 18.6. The van der Waals surface area contributed by atoms with Crippen molar-refractivity contribution in [3.8, 4) is 5.75 Å². The monoisotopic (exact) mass is 343 g/mol. The number of rotatable bonds is 5. The number of aromatic nitrogens is 1. The van der Waals surface area contributed by atoms with Crippen LogP contribution in [0.4, 0.5) is 10.2 Å². The van der Waals surface area contributed by atoms with E-state index in [-0.39, 0.29) is 24.4 Å². The zero-order valence-corrected chi connectivity index (χ0v) is 14.5. The highest BCUT2D eigenvalue weighted by Crippen LogP contribution is 2.33. The van der Waals surface area contributed by atoms with Crippen LogP contribution in [0.5, 0.6) is 5.75 Å². The van der Waals surface area contributed by atoms with Crippen molar-refractivity contribution in [2.75, 3.05) is 32.1 Å². The van der Waals surface area contributed by atoms with Gasteiger partial charge in [0.2, 0.25) is 0 Å². The Kier molecular flexibility index (Phi) is 5.16. The maximum absolute atomic E-state index is 13.2. The Morgan fingerprint density at radius 1 is 1.36 bits per heavy atom. The molecule has 1 aromatic carbocycles. The van der Waals surface area contributed by atoms with E-state index < -0.39 is 0 Å². The minimum absolute atomic E-state index is 0.0327. The van der Waals surface area contributed by atoms with E-state index in [4.69, 9.17) is 4.74 Å². The molecule has 0 spiro atoms. The van der Waals surface area contributed by atoms with Crippen molar-refractivity contribution in [3.05, 3.63) is 54.0 Å². The third-order valence-electron chi connectivity index (χ3n) is 4.34. The number of hydrogen-bond donors (Lipinski definition) is 0. The van der Waals surface area contributed by atoms with E-state index in [0.717, 1.165) is 24.2 Å². The SMILES string of the molecule is CN(C)c1cc([C@H]2CCCN2C(=O)COc2cccc(F)c2)ccn1. The lowest BCUT2D eigenvalue weighted by molar-refractivity contribution is -0.134. The van der Waals surface area contributed by atoms with Gasteiger partial charge in [-0.25, -0.2) is 9.37 Å². The second-order valence-electron chi connectivity index (χ2n) is 6.33. The minimum atomic E-state index is -0.378. The Morgan fingerprint density at radius 3 is 2.96 bits per heavy atom. The van der Waals surface area contributed by atoms with Crippen LogP contribution >= 0.6 is 0 Å². The van der Waals surface area contributed by atoms with Crippen LogP contribution in [-0.4, -0.2) is 43.0 Å². The molecular weight excluding hydrogens is 321 g/mol. The largest absolute Gasteiger partial charge is 0.484 e. The second kappa shape index (κ2) is 7.51. The first-order valence-electron chi connectivity index (χ1n) is 8.35. The number of ether oxygens (including phenoxy) is 1. The molecule has 6 heteroatoms. The topological polar surface area (TPSA) is 45.7 Å². The molecule has 1 saturated heterocycles. The molecule has 0 aliphatic carbocycles. The molecule has 1 aromatic heterocycles. The Balaban J connectivity index is 1.68. The molecule has 1 atom stereocenters. The minimum Gasteiger partial charge on any atom is -0.484 e. The van der Waals surface area contributed by atoms with Crippen LogP contribution in [0.1, 0.15) is 24.4 Å². The highest BCUT2D eigenvalue weighted by molar-refractivity contribution is 5.78. The first-order valence-corrected chi connectivity index (χ1v) is 8.35. The summed E-state index contributed by atoms with van der Waals surface area (Å²) in [4.78, 5) is 20.7. The van der Waals surface area contributed by atoms with Gasteiger partial charge in [0.25, 0.3) is 5.91 Å². The average molecular weight is 343 g/mol. The zero-order chi connectivity index (χ0) is 17.8. The molecule has 25 heavy (non-hydrogen) atoms. The van der Waals surface area contributed by atoms with E-state index in [0.29, 0.717) is 12.3 Å². The number of nitrogens with zero attached hydrogens (tertiary/aromatic N) is 3. The number of halogens is 1. The number of amides is 1. The first-order chi connectivity index (χ1) is 12.0. The molecule has 2 aromatic rings. The highest BCUT2D eigenvalue weighted by Gasteiger charge is 2.30. The zero-order valence-electron chi connectivity index (χ0n) is 14.5. The molecule has 0 radical (unpaired) electrons. The quantitative estimate of drug-likeness (QED) is 0.837. The van der Waals surface area contributed by atoms with Crippen LogP contribution in [0.3, 0.4) is 0 Å². The number of likely N-dealkylation sites (tertiary alicyclic amines) is 1. The Bertz CT molecular complexity index is 751. The van der Waals surface area contributed by atoms with Gasteiger partial charge in [0.05, 0.1) is 6.04 Å². The summed E-state index contributed by atoms with van der Waals surface area (Å²) >= 11 is 0. The van der Waals surface area contributed by atoms with Crippen LogP contribution in [0.15, 0.2) is 42.6 Å². The van der Waals surface area contributed by atoms with Crippen LogP contribution in [0.2, 0.25) is 0 Å². The van der Waals surface area contributed by atoms with Gasteiger partial charge < -0.3 is 14.5 Å². The number of hydrogen-bond acceptors (Lipinski definition) is 4. The third-order valence-corrected chi connectivity index (χ3v) is 4.34. The number of anilines is 1. The van der Waals surface area contributed by atoms with Gasteiger partial charge in [0.15, 0.2) is 6.61 Å². The standard InChI is InChI=1S/C19H22FN3O2/c1-22(2)18-11-14(8-9-21-18)17-7-4-10-23(17)19(24)13-25-16-6-3-5-15(20)12-16/h3,5-6,8-9,11-12,17H,4,7,10,13H2,1-2H3/t17-/m1/s1. The summed E-state index contributed by atoms with van der Waals surface area (Å²) in [5, 5.41) is 0. The molecule has 3 rings (SSSR count). The van der Waals surface area contributed by atoms with Crippen LogP contribution in [-0.2, 0) is 4.79 Å². The molecule has 0 saturated carbocycles. The number of carbonyl (C=O) groups excluding carboxylic acids is 1. The number of benzene rings is 1. The lowest BCUT2D eigenvalue weighted by Gasteiger charge is -2.26. The molecule has 132 valence electrons. The third kappa shape index (κ3) is 4.07. The fourth-order valence-corrected chi connectivity index (χ4v) is 3.08. The molecule has 1 aliphatic rings. The first kappa shape index (κ1) is 17.2. The fraction of sp³-hybridized carbons (Fsp3) is 0.368. The van der Waals surface area contributed by atoms with Crippen molar-refractivity contribution in [3.63, 3.8) is 0 Å². The summed E-state index contributed by atoms with van der Waals surface area (Å²) in [6.07, 6.45) is 3.65. The van der Waals surface area contributed by atoms with Crippen molar-refractivity contribution in [2.45, 2.75) is 18.9 Å². The van der Waals surface area contributed by atoms with E-state index in [9.17, 15) is 9.18 Å². The van der Waals surface area contributed by atoms with Gasteiger partial charge in [0.1, 0.15) is 17.4 Å². The second-order valence-corrected chi connectivity index (χ2v) is 6.33. The molecule has 1 aliphatic heterocycles. The van der Waals surface area contributed by atoms with E-state index >= 15 is 0 Å². The van der Waals surface area contributed by atoms with Crippen LogP contribution in [0, 0.1) is 5.82 Å². The van der Waals surface area contributed by atoms with Crippen molar-refractivity contribution in [2.24, 2.45) is 0 Å². The van der Waals surface area contributed by atoms with E-state index in [2.05, 4.69) is 4.98 Å². The van der Waals surface area contributed by atoms with Gasteiger partial charge in [-0.2, -0.15) is 0 Å². The van der Waals surface area contributed by atoms with Gasteiger partial charge in [-0.05, 0) is 42.7 Å².